The molecule has 2 aromatic carbocycles. The lowest BCUT2D eigenvalue weighted by Crippen LogP contribution is -2.47. The van der Waals surface area contributed by atoms with Gasteiger partial charge in [-0.05, 0) is 42.0 Å². The number of amides is 2. The number of methoxy groups -OCH3 is 1. The van der Waals surface area contributed by atoms with Crippen LogP contribution in [-0.2, 0) is 13.1 Å². The van der Waals surface area contributed by atoms with Crippen LogP contribution in [0.3, 0.4) is 0 Å². The van der Waals surface area contributed by atoms with Gasteiger partial charge in [-0.3, -0.25) is 14.2 Å². The third-order valence-electron chi connectivity index (χ3n) is 6.19. The van der Waals surface area contributed by atoms with Crippen LogP contribution in [0.4, 0.5) is 16.3 Å². The van der Waals surface area contributed by atoms with Gasteiger partial charge in [-0.25, -0.2) is 14.7 Å². The Labute approximate surface area is 200 Å². The molecule has 0 saturated carbocycles. The topological polar surface area (TPSA) is 80.0 Å². The largest absolute Gasteiger partial charge is 0.493 e. The fourth-order valence-electron chi connectivity index (χ4n) is 4.50. The summed E-state index contributed by atoms with van der Waals surface area (Å²) in [6.07, 6.45) is 3.39. The number of nitrogens with zero attached hydrogens (tertiary/aromatic N) is 5. The van der Waals surface area contributed by atoms with Crippen LogP contribution in [-0.4, -0.2) is 32.4 Å². The minimum absolute atomic E-state index is 0.153. The van der Waals surface area contributed by atoms with E-state index in [0.29, 0.717) is 35.0 Å². The van der Waals surface area contributed by atoms with Crippen LogP contribution >= 0.6 is 0 Å². The molecule has 1 aliphatic heterocycles. The molecule has 0 fully saturated rings. The van der Waals surface area contributed by atoms with Crippen LogP contribution in [0, 0.1) is 0 Å². The number of anilines is 2. The first-order chi connectivity index (χ1) is 17.1. The number of hydrogen-bond acceptors (Lipinski definition) is 5. The van der Waals surface area contributed by atoms with Crippen molar-refractivity contribution in [3.63, 3.8) is 0 Å². The van der Waals surface area contributed by atoms with Gasteiger partial charge < -0.3 is 9.64 Å². The summed E-state index contributed by atoms with van der Waals surface area (Å²) in [4.78, 5) is 39.9. The standard InChI is InChI=1S/C27H21N5O3/c1-35-23-10-6-14-31-25(23)29-24-21(26(31)33)17-30(16-18-7-3-2-4-8-18)27(34)32(24)20-11-12-22-19(15-20)9-5-13-28-22/h2-15H,16-17H2,1H3. The van der Waals surface area contributed by atoms with Crippen LogP contribution in [0.15, 0.2) is 90.0 Å². The summed E-state index contributed by atoms with van der Waals surface area (Å²) in [5.74, 6) is 0.770. The highest BCUT2D eigenvalue weighted by Gasteiger charge is 2.35. The highest BCUT2D eigenvalue weighted by molar-refractivity contribution is 6.02. The number of ether oxygens (including phenoxy) is 1. The summed E-state index contributed by atoms with van der Waals surface area (Å²) < 4.78 is 6.92. The molecule has 0 spiro atoms. The van der Waals surface area contributed by atoms with Gasteiger partial charge in [0.15, 0.2) is 17.2 Å². The van der Waals surface area contributed by atoms with E-state index >= 15 is 0 Å². The van der Waals surface area contributed by atoms with E-state index in [1.165, 1.54) is 16.4 Å². The third kappa shape index (κ3) is 3.47. The second kappa shape index (κ2) is 8.25. The molecule has 0 atom stereocenters. The Balaban J connectivity index is 1.58. The molecule has 0 radical (unpaired) electrons. The number of pyridine rings is 2. The first-order valence-electron chi connectivity index (χ1n) is 11.2. The Morgan fingerprint density at radius 2 is 1.83 bits per heavy atom. The molecule has 4 heterocycles. The molecule has 3 aromatic heterocycles. The fraction of sp³-hybridized carbons (Fsp3) is 0.111. The third-order valence-corrected chi connectivity index (χ3v) is 6.19. The molecule has 5 aromatic rings. The van der Waals surface area contributed by atoms with Crippen LogP contribution in [0.2, 0.25) is 0 Å². The molecule has 0 N–H and O–H groups in total. The van der Waals surface area contributed by atoms with Crippen molar-refractivity contribution in [1.82, 2.24) is 19.3 Å². The van der Waals surface area contributed by atoms with Crippen molar-refractivity contribution >= 4 is 34.1 Å². The van der Waals surface area contributed by atoms with Gasteiger partial charge in [0.25, 0.3) is 5.56 Å². The Morgan fingerprint density at radius 1 is 0.971 bits per heavy atom. The number of benzene rings is 2. The van der Waals surface area contributed by atoms with Gasteiger partial charge in [0, 0.05) is 24.3 Å². The first-order valence-corrected chi connectivity index (χ1v) is 11.2. The van der Waals surface area contributed by atoms with Crippen molar-refractivity contribution in [3.05, 3.63) is 107 Å². The van der Waals surface area contributed by atoms with Crippen LogP contribution in [0.5, 0.6) is 5.75 Å². The monoisotopic (exact) mass is 463 g/mol. The van der Waals surface area contributed by atoms with E-state index in [1.807, 2.05) is 60.7 Å². The van der Waals surface area contributed by atoms with Crippen molar-refractivity contribution in [3.8, 4) is 5.75 Å². The lowest BCUT2D eigenvalue weighted by Gasteiger charge is -2.36. The van der Waals surface area contributed by atoms with Gasteiger partial charge in [-0.15, -0.1) is 0 Å². The number of carbonyl (C=O) groups excluding carboxylic acids is 1. The molecule has 0 aliphatic carbocycles. The quantitative estimate of drug-likeness (QED) is 0.391. The predicted octanol–water partition coefficient (Wildman–Crippen LogP) is 4.53. The van der Waals surface area contributed by atoms with E-state index in [9.17, 15) is 9.59 Å². The van der Waals surface area contributed by atoms with Gasteiger partial charge in [0.05, 0.1) is 30.4 Å². The van der Waals surface area contributed by atoms with Crippen LogP contribution < -0.4 is 15.2 Å². The Bertz CT molecular complexity index is 1650. The maximum absolute atomic E-state index is 13.9. The molecular formula is C27H21N5O3. The average Bonchev–Trinajstić information content (AvgIpc) is 2.90. The SMILES string of the molecule is COc1cccn2c(=O)c3c(nc12)N(c1ccc2ncccc2c1)C(=O)N(Cc1ccccc1)C3. The lowest BCUT2D eigenvalue weighted by atomic mass is 10.1. The lowest BCUT2D eigenvalue weighted by molar-refractivity contribution is 0.198. The molecule has 2 amide bonds. The van der Waals surface area contributed by atoms with Crippen molar-refractivity contribution in [2.24, 2.45) is 0 Å². The fourth-order valence-corrected chi connectivity index (χ4v) is 4.50. The number of carbonyl (C=O) groups is 1. The molecule has 6 rings (SSSR count). The average molecular weight is 463 g/mol. The summed E-state index contributed by atoms with van der Waals surface area (Å²) in [6, 6.07) is 22.3. The number of urea groups is 1. The van der Waals surface area contributed by atoms with Crippen LogP contribution in [0.25, 0.3) is 16.6 Å². The molecule has 35 heavy (non-hydrogen) atoms. The zero-order chi connectivity index (χ0) is 23.9. The van der Waals surface area contributed by atoms with E-state index in [-0.39, 0.29) is 18.1 Å². The molecular weight excluding hydrogens is 442 g/mol. The normalized spacial score (nSPS) is 13.3. The number of aromatic nitrogens is 3. The maximum Gasteiger partial charge on any atom is 0.330 e. The number of hydrogen-bond donors (Lipinski definition) is 0. The summed E-state index contributed by atoms with van der Waals surface area (Å²) in [6.45, 7) is 0.520. The number of rotatable bonds is 4. The second-order valence-electron chi connectivity index (χ2n) is 8.33. The van der Waals surface area contributed by atoms with Gasteiger partial charge in [-0.2, -0.15) is 0 Å². The Kier molecular flexibility index (Phi) is 4.92. The van der Waals surface area contributed by atoms with Gasteiger partial charge in [-0.1, -0.05) is 36.4 Å². The van der Waals surface area contributed by atoms with E-state index in [0.717, 1.165) is 16.5 Å². The molecule has 172 valence electrons. The van der Waals surface area contributed by atoms with Gasteiger partial charge in [0.2, 0.25) is 0 Å². The second-order valence-corrected chi connectivity index (χ2v) is 8.33. The molecule has 8 nitrogen and oxygen atoms in total. The van der Waals surface area contributed by atoms with Crippen molar-refractivity contribution in [2.75, 3.05) is 12.0 Å². The zero-order valence-electron chi connectivity index (χ0n) is 19.0. The molecule has 0 unspecified atom stereocenters. The highest BCUT2D eigenvalue weighted by atomic mass is 16.5. The molecule has 1 aliphatic rings. The maximum atomic E-state index is 13.9. The zero-order valence-corrected chi connectivity index (χ0v) is 19.0. The summed E-state index contributed by atoms with van der Waals surface area (Å²) in [5, 5.41) is 0.884. The van der Waals surface area contributed by atoms with Crippen molar-refractivity contribution in [2.45, 2.75) is 13.1 Å². The van der Waals surface area contributed by atoms with E-state index in [2.05, 4.69) is 4.98 Å². The molecule has 0 saturated heterocycles. The summed E-state index contributed by atoms with van der Waals surface area (Å²) in [5.41, 5.74) is 2.97. The molecule has 8 heteroatoms. The van der Waals surface area contributed by atoms with Gasteiger partial charge in [0.1, 0.15) is 0 Å². The first kappa shape index (κ1) is 20.9. The van der Waals surface area contributed by atoms with Crippen molar-refractivity contribution in [1.29, 1.82) is 0 Å². The van der Waals surface area contributed by atoms with Gasteiger partial charge >= 0.3 is 6.03 Å². The van der Waals surface area contributed by atoms with Crippen molar-refractivity contribution < 1.29 is 9.53 Å². The minimum atomic E-state index is -0.254. The Morgan fingerprint density at radius 3 is 2.66 bits per heavy atom. The summed E-state index contributed by atoms with van der Waals surface area (Å²) in [7, 11) is 1.53. The number of fused-ring (bicyclic) bond motifs is 3. The highest BCUT2D eigenvalue weighted by Crippen LogP contribution is 2.35. The van der Waals surface area contributed by atoms with E-state index in [4.69, 9.17) is 9.72 Å². The molecule has 0 bridgehead atoms. The van der Waals surface area contributed by atoms with E-state index < -0.39 is 0 Å². The van der Waals surface area contributed by atoms with E-state index in [1.54, 1.807) is 29.4 Å². The predicted molar refractivity (Wildman–Crippen MR) is 133 cm³/mol. The smallest absolute Gasteiger partial charge is 0.330 e. The van der Waals surface area contributed by atoms with Crippen LogP contribution in [0.1, 0.15) is 11.1 Å². The minimum Gasteiger partial charge on any atom is -0.493 e. The summed E-state index contributed by atoms with van der Waals surface area (Å²) >= 11 is 0. The Hall–Kier alpha value is -4.72.